The number of hydrogen-bond donors (Lipinski definition) is 2. The monoisotopic (exact) mass is 199 g/mol. The van der Waals surface area contributed by atoms with Gasteiger partial charge < -0.3 is 10.8 Å². The Bertz CT molecular complexity index is 279. The third kappa shape index (κ3) is 2.14. The molecule has 2 nitrogen and oxygen atoms in total. The molecule has 0 fully saturated rings. The number of phenols is 1. The molecule has 0 spiro atoms. The van der Waals surface area contributed by atoms with E-state index in [0.717, 1.165) is 0 Å². The molecule has 0 heterocycles. The molecule has 0 saturated carbocycles. The summed E-state index contributed by atoms with van der Waals surface area (Å²) < 4.78 is 0. The molecule has 0 saturated heterocycles. The third-order valence-corrected chi connectivity index (χ3v) is 2.41. The molecular formula is C10H14ClNO. The van der Waals surface area contributed by atoms with Gasteiger partial charge in [-0.2, -0.15) is 0 Å². The Morgan fingerprint density at radius 3 is 2.46 bits per heavy atom. The number of rotatable bonds is 2. The highest BCUT2D eigenvalue weighted by Crippen LogP contribution is 2.33. The molecule has 1 aromatic rings. The second-order valence-corrected chi connectivity index (χ2v) is 3.85. The standard InChI is InChI=1S/C10H14ClNO/c1-6(2)10(12)9-7(11)4-3-5-8(9)13/h3-6,10,13H,12H2,1-2H3/t10-/m1/s1. The molecule has 0 bridgehead atoms. The van der Waals surface area contributed by atoms with Crippen LogP contribution in [0, 0.1) is 5.92 Å². The van der Waals surface area contributed by atoms with E-state index in [1.807, 2.05) is 13.8 Å². The molecule has 1 rings (SSSR count). The number of halogens is 1. The summed E-state index contributed by atoms with van der Waals surface area (Å²) >= 11 is 5.93. The predicted molar refractivity (Wildman–Crippen MR) is 54.9 cm³/mol. The van der Waals surface area contributed by atoms with Crippen molar-refractivity contribution in [3.63, 3.8) is 0 Å². The van der Waals surface area contributed by atoms with Crippen LogP contribution in [-0.2, 0) is 0 Å². The number of benzene rings is 1. The van der Waals surface area contributed by atoms with Crippen molar-refractivity contribution in [1.82, 2.24) is 0 Å². The van der Waals surface area contributed by atoms with Gasteiger partial charge >= 0.3 is 0 Å². The highest BCUT2D eigenvalue weighted by Gasteiger charge is 2.17. The molecule has 0 radical (unpaired) electrons. The van der Waals surface area contributed by atoms with Crippen LogP contribution >= 0.6 is 11.6 Å². The van der Waals surface area contributed by atoms with Gasteiger partial charge in [-0.3, -0.25) is 0 Å². The van der Waals surface area contributed by atoms with Gasteiger partial charge in [0, 0.05) is 16.6 Å². The van der Waals surface area contributed by atoms with Crippen molar-refractivity contribution in [1.29, 1.82) is 0 Å². The average molecular weight is 200 g/mol. The lowest BCUT2D eigenvalue weighted by atomic mass is 9.96. The normalized spacial score (nSPS) is 13.3. The average Bonchev–Trinajstić information content (AvgIpc) is 2.03. The van der Waals surface area contributed by atoms with E-state index in [1.165, 1.54) is 0 Å². The fourth-order valence-electron chi connectivity index (χ4n) is 1.19. The van der Waals surface area contributed by atoms with Crippen LogP contribution in [0.3, 0.4) is 0 Å². The first-order valence-electron chi connectivity index (χ1n) is 4.27. The van der Waals surface area contributed by atoms with Crippen LogP contribution in [-0.4, -0.2) is 5.11 Å². The Labute approximate surface area is 83.3 Å². The molecule has 3 N–H and O–H groups in total. The lowest BCUT2D eigenvalue weighted by molar-refractivity contribution is 0.440. The Morgan fingerprint density at radius 2 is 2.00 bits per heavy atom. The van der Waals surface area contributed by atoms with E-state index >= 15 is 0 Å². The van der Waals surface area contributed by atoms with Crippen LogP contribution in [0.15, 0.2) is 18.2 Å². The Kier molecular flexibility index (Phi) is 3.17. The smallest absolute Gasteiger partial charge is 0.121 e. The quantitative estimate of drug-likeness (QED) is 0.770. The topological polar surface area (TPSA) is 46.2 Å². The van der Waals surface area contributed by atoms with E-state index in [0.29, 0.717) is 10.6 Å². The first-order valence-corrected chi connectivity index (χ1v) is 4.64. The van der Waals surface area contributed by atoms with E-state index in [1.54, 1.807) is 18.2 Å². The van der Waals surface area contributed by atoms with Crippen LogP contribution in [0.2, 0.25) is 5.02 Å². The zero-order chi connectivity index (χ0) is 10.0. The maximum atomic E-state index is 9.55. The first kappa shape index (κ1) is 10.4. The van der Waals surface area contributed by atoms with Gasteiger partial charge in [0.05, 0.1) is 0 Å². The van der Waals surface area contributed by atoms with Crippen LogP contribution < -0.4 is 5.73 Å². The van der Waals surface area contributed by atoms with Crippen molar-refractivity contribution in [2.45, 2.75) is 19.9 Å². The Hall–Kier alpha value is -0.730. The third-order valence-electron chi connectivity index (χ3n) is 2.08. The summed E-state index contributed by atoms with van der Waals surface area (Å²) in [7, 11) is 0. The van der Waals surface area contributed by atoms with E-state index < -0.39 is 0 Å². The maximum Gasteiger partial charge on any atom is 0.121 e. The molecule has 0 amide bonds. The molecule has 13 heavy (non-hydrogen) atoms. The summed E-state index contributed by atoms with van der Waals surface area (Å²) in [6, 6.07) is 4.82. The fraction of sp³-hybridized carbons (Fsp3) is 0.400. The second kappa shape index (κ2) is 3.99. The van der Waals surface area contributed by atoms with E-state index in [-0.39, 0.29) is 17.7 Å². The number of hydrogen-bond acceptors (Lipinski definition) is 2. The van der Waals surface area contributed by atoms with Crippen LogP contribution in [0.5, 0.6) is 5.75 Å². The van der Waals surface area contributed by atoms with Crippen LogP contribution in [0.4, 0.5) is 0 Å². The van der Waals surface area contributed by atoms with Crippen molar-refractivity contribution in [2.75, 3.05) is 0 Å². The van der Waals surface area contributed by atoms with Gasteiger partial charge in [-0.15, -0.1) is 0 Å². The van der Waals surface area contributed by atoms with Crippen molar-refractivity contribution >= 4 is 11.6 Å². The highest BCUT2D eigenvalue weighted by atomic mass is 35.5. The van der Waals surface area contributed by atoms with Gasteiger partial charge in [-0.25, -0.2) is 0 Å². The van der Waals surface area contributed by atoms with Gasteiger partial charge in [0.1, 0.15) is 5.75 Å². The van der Waals surface area contributed by atoms with Gasteiger partial charge in [0.2, 0.25) is 0 Å². The first-order chi connectivity index (χ1) is 6.04. The molecule has 72 valence electrons. The zero-order valence-corrected chi connectivity index (χ0v) is 8.55. The lowest BCUT2D eigenvalue weighted by Crippen LogP contribution is -2.17. The largest absolute Gasteiger partial charge is 0.508 e. The molecule has 0 unspecified atom stereocenters. The summed E-state index contributed by atoms with van der Waals surface area (Å²) in [6.45, 7) is 3.99. The molecule has 0 aliphatic heterocycles. The minimum atomic E-state index is -0.214. The number of nitrogens with two attached hydrogens (primary N) is 1. The predicted octanol–water partition coefficient (Wildman–Crippen LogP) is 2.70. The van der Waals surface area contributed by atoms with Gasteiger partial charge in [-0.1, -0.05) is 31.5 Å². The summed E-state index contributed by atoms with van der Waals surface area (Å²) in [5.41, 5.74) is 6.53. The summed E-state index contributed by atoms with van der Waals surface area (Å²) in [4.78, 5) is 0. The minimum absolute atomic E-state index is 0.175. The summed E-state index contributed by atoms with van der Waals surface area (Å²) in [5.74, 6) is 0.430. The molecule has 0 aliphatic rings. The zero-order valence-electron chi connectivity index (χ0n) is 7.79. The van der Waals surface area contributed by atoms with Crippen LogP contribution in [0.1, 0.15) is 25.5 Å². The number of phenolic OH excluding ortho intramolecular Hbond substituents is 1. The molecular weight excluding hydrogens is 186 g/mol. The second-order valence-electron chi connectivity index (χ2n) is 3.44. The fourth-order valence-corrected chi connectivity index (χ4v) is 1.48. The van der Waals surface area contributed by atoms with E-state index in [9.17, 15) is 5.11 Å². The summed E-state index contributed by atoms with van der Waals surface area (Å²) in [5, 5.41) is 10.1. The van der Waals surface area contributed by atoms with Gasteiger partial charge in [-0.05, 0) is 18.1 Å². The van der Waals surface area contributed by atoms with Crippen LogP contribution in [0.25, 0.3) is 0 Å². The number of aromatic hydroxyl groups is 1. The van der Waals surface area contributed by atoms with Crippen molar-refractivity contribution < 1.29 is 5.11 Å². The Balaban J connectivity index is 3.12. The summed E-state index contributed by atoms with van der Waals surface area (Å²) in [6.07, 6.45) is 0. The minimum Gasteiger partial charge on any atom is -0.508 e. The molecule has 0 aliphatic carbocycles. The van der Waals surface area contributed by atoms with E-state index in [4.69, 9.17) is 17.3 Å². The van der Waals surface area contributed by atoms with Crippen molar-refractivity contribution in [2.24, 2.45) is 11.7 Å². The van der Waals surface area contributed by atoms with E-state index in [2.05, 4.69) is 0 Å². The van der Waals surface area contributed by atoms with Crippen molar-refractivity contribution in [3.05, 3.63) is 28.8 Å². The molecule has 1 aromatic carbocycles. The van der Waals surface area contributed by atoms with Gasteiger partial charge in [0.25, 0.3) is 0 Å². The van der Waals surface area contributed by atoms with Gasteiger partial charge in [0.15, 0.2) is 0 Å². The molecule has 0 aromatic heterocycles. The highest BCUT2D eigenvalue weighted by molar-refractivity contribution is 6.31. The Morgan fingerprint density at radius 1 is 1.38 bits per heavy atom. The SMILES string of the molecule is CC(C)[C@@H](N)c1c(O)cccc1Cl. The molecule has 3 heteroatoms. The molecule has 1 atom stereocenters. The van der Waals surface area contributed by atoms with Crippen molar-refractivity contribution in [3.8, 4) is 5.75 Å². The maximum absolute atomic E-state index is 9.55. The lowest BCUT2D eigenvalue weighted by Gasteiger charge is -2.18.